The number of anilines is 2. The van der Waals surface area contributed by atoms with E-state index >= 15 is 0 Å². The molecule has 160 valence electrons. The lowest BCUT2D eigenvalue weighted by Crippen LogP contribution is -2.49. The second kappa shape index (κ2) is 9.56. The Balaban J connectivity index is 1.34. The molecule has 3 heterocycles. The maximum absolute atomic E-state index is 12.7. The van der Waals surface area contributed by atoms with E-state index in [4.69, 9.17) is 0 Å². The number of nitrogens with zero attached hydrogens (tertiary/aromatic N) is 7. The summed E-state index contributed by atoms with van der Waals surface area (Å²) >= 11 is 1.34. The molecule has 0 spiro atoms. The highest BCUT2D eigenvalue weighted by atomic mass is 32.2. The SMILES string of the molecule is CC(=O)Nc1cccc(-n2cnnc2SCC(=O)N2CCN(c3cnccn3)CC2)c1. The van der Waals surface area contributed by atoms with Gasteiger partial charge >= 0.3 is 0 Å². The van der Waals surface area contributed by atoms with Crippen LogP contribution in [0.15, 0.2) is 54.3 Å². The van der Waals surface area contributed by atoms with Crippen LogP contribution < -0.4 is 10.2 Å². The lowest BCUT2D eigenvalue weighted by molar-refractivity contribution is -0.128. The van der Waals surface area contributed by atoms with Crippen LogP contribution in [0.4, 0.5) is 11.5 Å². The van der Waals surface area contributed by atoms with E-state index in [0.717, 1.165) is 24.6 Å². The average molecular weight is 439 g/mol. The van der Waals surface area contributed by atoms with E-state index < -0.39 is 0 Å². The Labute approximate surface area is 183 Å². The van der Waals surface area contributed by atoms with Crippen molar-refractivity contribution in [2.75, 3.05) is 42.1 Å². The summed E-state index contributed by atoms with van der Waals surface area (Å²) in [5.74, 6) is 1.03. The Bertz CT molecular complexity index is 1050. The highest BCUT2D eigenvalue weighted by Gasteiger charge is 2.22. The molecule has 1 N–H and O–H groups in total. The Morgan fingerprint density at radius 1 is 1.16 bits per heavy atom. The Kier molecular flexibility index (Phi) is 6.41. The highest BCUT2D eigenvalue weighted by Crippen LogP contribution is 2.22. The minimum absolute atomic E-state index is 0.0605. The molecule has 0 saturated carbocycles. The third kappa shape index (κ3) is 5.18. The van der Waals surface area contributed by atoms with Gasteiger partial charge in [-0.05, 0) is 18.2 Å². The molecule has 31 heavy (non-hydrogen) atoms. The van der Waals surface area contributed by atoms with Gasteiger partial charge in [0, 0.05) is 51.2 Å². The first-order valence-corrected chi connectivity index (χ1v) is 10.8. The summed E-state index contributed by atoms with van der Waals surface area (Å²) in [5, 5.41) is 11.5. The minimum atomic E-state index is -0.138. The van der Waals surface area contributed by atoms with Crippen molar-refractivity contribution in [2.24, 2.45) is 0 Å². The van der Waals surface area contributed by atoms with Crippen molar-refractivity contribution >= 4 is 35.1 Å². The second-order valence-corrected chi connectivity index (χ2v) is 7.88. The van der Waals surface area contributed by atoms with E-state index in [2.05, 4.69) is 30.4 Å². The third-order valence-corrected chi connectivity index (χ3v) is 5.72. The van der Waals surface area contributed by atoms with Crippen molar-refractivity contribution in [2.45, 2.75) is 12.1 Å². The maximum Gasteiger partial charge on any atom is 0.233 e. The van der Waals surface area contributed by atoms with Gasteiger partial charge in [-0.3, -0.25) is 19.1 Å². The van der Waals surface area contributed by atoms with E-state index in [1.165, 1.54) is 18.7 Å². The van der Waals surface area contributed by atoms with Crippen LogP contribution in [-0.4, -0.2) is 73.4 Å². The van der Waals surface area contributed by atoms with Gasteiger partial charge in [0.15, 0.2) is 5.16 Å². The van der Waals surface area contributed by atoms with Gasteiger partial charge < -0.3 is 15.1 Å². The molecule has 2 amide bonds. The summed E-state index contributed by atoms with van der Waals surface area (Å²) in [5.41, 5.74) is 1.50. The van der Waals surface area contributed by atoms with Crippen LogP contribution in [0, 0.1) is 0 Å². The van der Waals surface area contributed by atoms with Gasteiger partial charge in [0.2, 0.25) is 11.8 Å². The number of carbonyl (C=O) groups is 2. The summed E-state index contributed by atoms with van der Waals surface area (Å²) in [4.78, 5) is 36.4. The third-order valence-electron chi connectivity index (χ3n) is 4.79. The molecule has 0 atom stereocenters. The predicted octanol–water partition coefficient (Wildman–Crippen LogP) is 1.46. The topological polar surface area (TPSA) is 109 Å². The molecule has 10 nitrogen and oxygen atoms in total. The first-order valence-electron chi connectivity index (χ1n) is 9.80. The van der Waals surface area contributed by atoms with Gasteiger partial charge in [-0.1, -0.05) is 17.8 Å². The largest absolute Gasteiger partial charge is 0.352 e. The van der Waals surface area contributed by atoms with E-state index in [1.54, 1.807) is 29.5 Å². The molecule has 3 aromatic rings. The van der Waals surface area contributed by atoms with Gasteiger partial charge in [-0.2, -0.15) is 0 Å². The molecule has 0 bridgehead atoms. The number of hydrogen-bond acceptors (Lipinski definition) is 8. The molecule has 4 rings (SSSR count). The number of amides is 2. The zero-order valence-corrected chi connectivity index (χ0v) is 17.8. The quantitative estimate of drug-likeness (QED) is 0.576. The number of benzene rings is 1. The van der Waals surface area contributed by atoms with Crippen LogP contribution in [0.1, 0.15) is 6.92 Å². The fourth-order valence-electron chi connectivity index (χ4n) is 3.29. The van der Waals surface area contributed by atoms with Gasteiger partial charge in [-0.25, -0.2) is 4.98 Å². The van der Waals surface area contributed by atoms with Gasteiger partial charge in [0.25, 0.3) is 0 Å². The molecule has 1 aromatic carbocycles. The standard InChI is InChI=1S/C20H22N8O2S/c1-15(29)24-16-3-2-4-17(11-16)28-14-23-25-20(28)31-13-19(30)27-9-7-26(8-10-27)18-12-21-5-6-22-18/h2-6,11-12,14H,7-10,13H2,1H3,(H,24,29). The number of thioether (sulfide) groups is 1. The first-order chi connectivity index (χ1) is 15.1. The molecule has 0 unspecified atom stereocenters. The van der Waals surface area contributed by atoms with E-state index in [-0.39, 0.29) is 17.6 Å². The van der Waals surface area contributed by atoms with E-state index in [9.17, 15) is 9.59 Å². The molecule has 11 heteroatoms. The molecule has 1 aliphatic rings. The van der Waals surface area contributed by atoms with E-state index in [1.807, 2.05) is 29.2 Å². The van der Waals surface area contributed by atoms with Gasteiger partial charge in [0.05, 0.1) is 17.6 Å². The molecule has 0 aliphatic carbocycles. The summed E-state index contributed by atoms with van der Waals surface area (Å²) in [6, 6.07) is 7.39. The average Bonchev–Trinajstić information content (AvgIpc) is 3.27. The molecule has 2 aromatic heterocycles. The smallest absolute Gasteiger partial charge is 0.233 e. The van der Waals surface area contributed by atoms with Gasteiger partial charge in [-0.15, -0.1) is 10.2 Å². The predicted molar refractivity (Wildman–Crippen MR) is 117 cm³/mol. The summed E-state index contributed by atoms with van der Waals surface area (Å²) < 4.78 is 1.80. The minimum Gasteiger partial charge on any atom is -0.352 e. The first kappa shape index (κ1) is 20.8. The van der Waals surface area contributed by atoms with Crippen LogP contribution in [0.25, 0.3) is 5.69 Å². The number of carbonyl (C=O) groups excluding carboxylic acids is 2. The van der Waals surface area contributed by atoms with Crippen molar-refractivity contribution in [3.05, 3.63) is 49.2 Å². The van der Waals surface area contributed by atoms with Crippen LogP contribution in [0.3, 0.4) is 0 Å². The number of piperazine rings is 1. The zero-order valence-electron chi connectivity index (χ0n) is 17.0. The molecule has 1 aliphatic heterocycles. The zero-order chi connectivity index (χ0) is 21.6. The highest BCUT2D eigenvalue weighted by molar-refractivity contribution is 7.99. The van der Waals surface area contributed by atoms with Crippen molar-refractivity contribution < 1.29 is 9.59 Å². The Morgan fingerprint density at radius 2 is 2.00 bits per heavy atom. The molecule has 1 saturated heterocycles. The normalized spacial score (nSPS) is 13.8. The lowest BCUT2D eigenvalue weighted by Gasteiger charge is -2.35. The number of hydrogen-bond donors (Lipinski definition) is 1. The van der Waals surface area contributed by atoms with Crippen LogP contribution >= 0.6 is 11.8 Å². The Morgan fingerprint density at radius 3 is 2.74 bits per heavy atom. The van der Waals surface area contributed by atoms with Crippen molar-refractivity contribution in [1.29, 1.82) is 0 Å². The maximum atomic E-state index is 12.7. The Hall–Kier alpha value is -3.47. The van der Waals surface area contributed by atoms with E-state index in [0.29, 0.717) is 23.9 Å². The van der Waals surface area contributed by atoms with Gasteiger partial charge in [0.1, 0.15) is 12.1 Å². The monoisotopic (exact) mass is 438 g/mol. The summed E-state index contributed by atoms with van der Waals surface area (Å²) in [6.45, 7) is 4.19. The molecule has 1 fully saturated rings. The number of rotatable bonds is 6. The van der Waals surface area contributed by atoms with Crippen molar-refractivity contribution in [3.8, 4) is 5.69 Å². The van der Waals surface area contributed by atoms with Crippen LogP contribution in [0.5, 0.6) is 0 Å². The number of nitrogens with one attached hydrogen (secondary N) is 1. The summed E-state index contributed by atoms with van der Waals surface area (Å²) in [7, 11) is 0. The number of aromatic nitrogens is 5. The van der Waals surface area contributed by atoms with Crippen molar-refractivity contribution in [1.82, 2.24) is 29.6 Å². The molecule has 0 radical (unpaired) electrons. The van der Waals surface area contributed by atoms with Crippen molar-refractivity contribution in [3.63, 3.8) is 0 Å². The van der Waals surface area contributed by atoms with Crippen LogP contribution in [0.2, 0.25) is 0 Å². The fourth-order valence-corrected chi connectivity index (χ4v) is 4.13. The lowest BCUT2D eigenvalue weighted by atomic mass is 10.2. The molecular formula is C20H22N8O2S. The molecular weight excluding hydrogens is 416 g/mol. The second-order valence-electron chi connectivity index (χ2n) is 6.94. The summed E-state index contributed by atoms with van der Waals surface area (Å²) in [6.07, 6.45) is 6.65. The fraction of sp³-hybridized carbons (Fsp3) is 0.300. The van der Waals surface area contributed by atoms with Crippen LogP contribution in [-0.2, 0) is 9.59 Å².